The molecule has 32 heavy (non-hydrogen) atoms. The number of piperidine rings is 1. The minimum absolute atomic E-state index is 0.615. The van der Waals surface area contributed by atoms with Gasteiger partial charge in [0.15, 0.2) is 11.5 Å². The van der Waals surface area contributed by atoms with Gasteiger partial charge in [0, 0.05) is 34.7 Å². The first-order valence-corrected chi connectivity index (χ1v) is 11.6. The first-order chi connectivity index (χ1) is 15.4. The summed E-state index contributed by atoms with van der Waals surface area (Å²) < 4.78 is 10.9. The molecule has 5 heteroatoms. The third kappa shape index (κ3) is 4.50. The van der Waals surface area contributed by atoms with Crippen LogP contribution >= 0.6 is 0 Å². The second-order valence-electron chi connectivity index (χ2n) is 9.42. The van der Waals surface area contributed by atoms with Crippen molar-refractivity contribution in [1.82, 2.24) is 14.8 Å². The molecule has 3 aromatic rings. The number of hydrogen-bond donors (Lipinski definition) is 1. The number of aromatic amines is 1. The molecule has 1 aliphatic heterocycles. The maximum atomic E-state index is 5.51. The van der Waals surface area contributed by atoms with Gasteiger partial charge in [0.1, 0.15) is 0 Å². The third-order valence-electron chi connectivity index (χ3n) is 7.01. The summed E-state index contributed by atoms with van der Waals surface area (Å²) in [6.45, 7) is 8.05. The van der Waals surface area contributed by atoms with Crippen LogP contribution in [0.5, 0.6) is 11.5 Å². The van der Waals surface area contributed by atoms with Crippen LogP contribution < -0.4 is 9.47 Å². The second-order valence-corrected chi connectivity index (χ2v) is 9.42. The Kier molecular flexibility index (Phi) is 6.77. The van der Waals surface area contributed by atoms with Crippen molar-refractivity contribution in [3.05, 3.63) is 47.5 Å². The molecule has 1 unspecified atom stereocenters. The van der Waals surface area contributed by atoms with Gasteiger partial charge in [-0.15, -0.1) is 0 Å². The quantitative estimate of drug-likeness (QED) is 0.547. The lowest BCUT2D eigenvalue weighted by Gasteiger charge is -2.37. The zero-order valence-electron chi connectivity index (χ0n) is 20.4. The summed E-state index contributed by atoms with van der Waals surface area (Å²) in [6.07, 6.45) is 2.46. The van der Waals surface area contributed by atoms with Crippen LogP contribution in [0.4, 0.5) is 0 Å². The van der Waals surface area contributed by atoms with Crippen molar-refractivity contribution in [2.24, 2.45) is 0 Å². The van der Waals surface area contributed by atoms with Gasteiger partial charge in [-0.2, -0.15) is 0 Å². The number of methoxy groups -OCH3 is 2. The molecule has 0 radical (unpaired) electrons. The third-order valence-corrected chi connectivity index (χ3v) is 7.01. The standard InChI is InChI=1S/C27H37N3O2/c1-18(17-29(3)4)30-13-11-20(12-14-30)21-7-9-24-23(15-21)19(2)27(28-24)22-8-10-25(31-5)26(16-22)32-6/h7-10,15-16,18,20,28H,11-14,17H2,1-6H3. The Morgan fingerprint density at radius 3 is 2.41 bits per heavy atom. The van der Waals surface area contributed by atoms with E-state index in [9.17, 15) is 0 Å². The Bertz CT molecular complexity index is 1060. The van der Waals surface area contributed by atoms with Crippen LogP contribution in [0.25, 0.3) is 22.2 Å². The highest BCUT2D eigenvalue weighted by Gasteiger charge is 2.24. The smallest absolute Gasteiger partial charge is 0.161 e. The molecular formula is C27H37N3O2. The van der Waals surface area contributed by atoms with Crippen LogP contribution in [0.3, 0.4) is 0 Å². The Labute approximate surface area is 192 Å². The fourth-order valence-corrected chi connectivity index (χ4v) is 5.20. The molecule has 1 N–H and O–H groups in total. The van der Waals surface area contributed by atoms with Crippen molar-refractivity contribution in [3.8, 4) is 22.8 Å². The summed E-state index contributed by atoms with van der Waals surface area (Å²) in [5.74, 6) is 2.14. The molecule has 1 atom stereocenters. The number of aryl methyl sites for hydroxylation is 1. The van der Waals surface area contributed by atoms with E-state index in [0.717, 1.165) is 29.3 Å². The molecule has 1 saturated heterocycles. The normalized spacial score (nSPS) is 16.6. The van der Waals surface area contributed by atoms with Crippen LogP contribution in [0.15, 0.2) is 36.4 Å². The zero-order chi connectivity index (χ0) is 22.8. The minimum atomic E-state index is 0.615. The van der Waals surface area contributed by atoms with E-state index in [1.54, 1.807) is 14.2 Å². The first-order valence-electron chi connectivity index (χ1n) is 11.6. The SMILES string of the molecule is COc1ccc(-c2[nH]c3ccc(C4CCN(C(C)CN(C)C)CC4)cc3c2C)cc1OC. The number of hydrogen-bond acceptors (Lipinski definition) is 4. The Morgan fingerprint density at radius 2 is 1.75 bits per heavy atom. The van der Waals surface area contributed by atoms with Gasteiger partial charge in [0.05, 0.1) is 14.2 Å². The Morgan fingerprint density at radius 1 is 1.03 bits per heavy atom. The molecule has 1 fully saturated rings. The van der Waals surface area contributed by atoms with Crippen LogP contribution in [0, 0.1) is 6.92 Å². The number of likely N-dealkylation sites (tertiary alicyclic amines) is 1. The highest BCUT2D eigenvalue weighted by Crippen LogP contribution is 2.37. The molecule has 1 aliphatic rings. The van der Waals surface area contributed by atoms with Gasteiger partial charge >= 0.3 is 0 Å². The van der Waals surface area contributed by atoms with Gasteiger partial charge in [0.25, 0.3) is 0 Å². The van der Waals surface area contributed by atoms with E-state index in [2.05, 4.69) is 67.0 Å². The first kappa shape index (κ1) is 22.7. The van der Waals surface area contributed by atoms with Gasteiger partial charge < -0.3 is 19.4 Å². The molecule has 4 rings (SSSR count). The molecule has 2 heterocycles. The lowest BCUT2D eigenvalue weighted by Crippen LogP contribution is -2.44. The minimum Gasteiger partial charge on any atom is -0.493 e. The Hall–Kier alpha value is -2.50. The topological polar surface area (TPSA) is 40.7 Å². The number of fused-ring (bicyclic) bond motifs is 1. The van der Waals surface area contributed by atoms with Gasteiger partial charge in [-0.1, -0.05) is 6.07 Å². The second kappa shape index (κ2) is 9.55. The largest absolute Gasteiger partial charge is 0.493 e. The molecule has 0 amide bonds. The summed E-state index contributed by atoms with van der Waals surface area (Å²) in [5, 5.41) is 1.32. The van der Waals surface area contributed by atoms with Crippen molar-refractivity contribution >= 4 is 10.9 Å². The lowest BCUT2D eigenvalue weighted by molar-refractivity contribution is 0.138. The maximum absolute atomic E-state index is 5.51. The number of likely N-dealkylation sites (N-methyl/N-ethyl adjacent to an activating group) is 1. The average molecular weight is 436 g/mol. The summed E-state index contributed by atoms with van der Waals surface area (Å²) in [7, 11) is 7.67. The highest BCUT2D eigenvalue weighted by atomic mass is 16.5. The number of aromatic nitrogens is 1. The fourth-order valence-electron chi connectivity index (χ4n) is 5.20. The van der Waals surface area contributed by atoms with Crippen molar-refractivity contribution < 1.29 is 9.47 Å². The Balaban J connectivity index is 1.55. The van der Waals surface area contributed by atoms with Crippen molar-refractivity contribution in [3.63, 3.8) is 0 Å². The fraction of sp³-hybridized carbons (Fsp3) is 0.481. The predicted molar refractivity (Wildman–Crippen MR) is 133 cm³/mol. The number of benzene rings is 2. The number of nitrogens with zero attached hydrogens (tertiary/aromatic N) is 2. The summed E-state index contributed by atoms with van der Waals surface area (Å²) >= 11 is 0. The monoisotopic (exact) mass is 435 g/mol. The van der Waals surface area contributed by atoms with E-state index in [0.29, 0.717) is 12.0 Å². The number of rotatable bonds is 7. The maximum Gasteiger partial charge on any atom is 0.161 e. The van der Waals surface area contributed by atoms with E-state index in [4.69, 9.17) is 9.47 Å². The van der Waals surface area contributed by atoms with Gasteiger partial charge in [-0.25, -0.2) is 0 Å². The predicted octanol–water partition coefficient (Wildman–Crippen LogP) is 5.29. The van der Waals surface area contributed by atoms with Crippen molar-refractivity contribution in [2.45, 2.75) is 38.6 Å². The molecule has 2 aromatic carbocycles. The molecular weight excluding hydrogens is 398 g/mol. The molecule has 0 spiro atoms. The molecule has 0 bridgehead atoms. The number of H-pyrrole nitrogens is 1. The van der Waals surface area contributed by atoms with E-state index < -0.39 is 0 Å². The van der Waals surface area contributed by atoms with Gasteiger partial charge in [0.2, 0.25) is 0 Å². The van der Waals surface area contributed by atoms with E-state index in [1.807, 2.05) is 12.1 Å². The van der Waals surface area contributed by atoms with Crippen LogP contribution in [-0.2, 0) is 0 Å². The van der Waals surface area contributed by atoms with Gasteiger partial charge in [-0.3, -0.25) is 4.90 Å². The van der Waals surface area contributed by atoms with Crippen molar-refractivity contribution in [1.29, 1.82) is 0 Å². The van der Waals surface area contributed by atoms with Crippen LogP contribution in [-0.4, -0.2) is 68.8 Å². The summed E-state index contributed by atoms with van der Waals surface area (Å²) in [4.78, 5) is 8.56. The molecule has 1 aromatic heterocycles. The number of nitrogens with one attached hydrogen (secondary N) is 1. The van der Waals surface area contributed by atoms with Gasteiger partial charge in [-0.05, 0) is 101 Å². The average Bonchev–Trinajstić information content (AvgIpc) is 3.14. The molecule has 0 saturated carbocycles. The van der Waals surface area contributed by atoms with Crippen LogP contribution in [0.1, 0.15) is 36.8 Å². The summed E-state index contributed by atoms with van der Waals surface area (Å²) in [5.41, 5.74) is 6.20. The lowest BCUT2D eigenvalue weighted by atomic mass is 9.88. The zero-order valence-corrected chi connectivity index (χ0v) is 20.4. The van der Waals surface area contributed by atoms with Crippen LogP contribution in [0.2, 0.25) is 0 Å². The highest BCUT2D eigenvalue weighted by molar-refractivity contribution is 5.91. The summed E-state index contributed by atoms with van der Waals surface area (Å²) in [6, 6.07) is 13.7. The van der Waals surface area contributed by atoms with E-state index in [-0.39, 0.29) is 0 Å². The molecule has 172 valence electrons. The molecule has 5 nitrogen and oxygen atoms in total. The van der Waals surface area contributed by atoms with Crippen molar-refractivity contribution in [2.75, 3.05) is 47.9 Å². The van der Waals surface area contributed by atoms with E-state index in [1.165, 1.54) is 48.0 Å². The van der Waals surface area contributed by atoms with E-state index >= 15 is 0 Å². The number of ether oxygens (including phenoxy) is 2. The molecule has 0 aliphatic carbocycles.